The summed E-state index contributed by atoms with van der Waals surface area (Å²) in [4.78, 5) is 4.66. The average molecular weight is 1630 g/mol. The molecule has 23 aromatic rings. The van der Waals surface area contributed by atoms with Gasteiger partial charge in [-0.2, -0.15) is 0 Å². The van der Waals surface area contributed by atoms with Crippen molar-refractivity contribution in [3.8, 4) is 134 Å². The van der Waals surface area contributed by atoms with Crippen LogP contribution in [0.4, 0.5) is 34.1 Å². The number of hydrogen-bond acceptors (Lipinski definition) is 4. The Labute approximate surface area is 745 Å². The van der Waals surface area contributed by atoms with Crippen LogP contribution in [0.15, 0.2) is 518 Å². The molecule has 0 N–H and O–H groups in total. The van der Waals surface area contributed by atoms with Gasteiger partial charge in [-0.15, -0.1) is 0 Å². The van der Waals surface area contributed by atoms with E-state index in [1.54, 1.807) is 0 Å². The number of furan rings is 2. The van der Waals surface area contributed by atoms with E-state index in [-0.39, 0.29) is 0 Å². The van der Waals surface area contributed by atoms with Crippen molar-refractivity contribution in [2.45, 2.75) is 0 Å². The van der Waals surface area contributed by atoms with Gasteiger partial charge < -0.3 is 18.6 Å². The van der Waals surface area contributed by atoms with E-state index in [1.807, 2.05) is 6.07 Å². The first kappa shape index (κ1) is 77.2. The van der Waals surface area contributed by atoms with Crippen LogP contribution >= 0.6 is 0 Å². The van der Waals surface area contributed by atoms with Crippen molar-refractivity contribution in [3.05, 3.63) is 510 Å². The first-order valence-corrected chi connectivity index (χ1v) is 43.7. The molecule has 0 saturated carbocycles. The summed E-state index contributed by atoms with van der Waals surface area (Å²) in [6, 6.07) is 182. The zero-order valence-corrected chi connectivity index (χ0v) is 70.2. The van der Waals surface area contributed by atoms with Crippen LogP contribution in [-0.2, 0) is 0 Å². The summed E-state index contributed by atoms with van der Waals surface area (Å²) < 4.78 is 13.6. The van der Waals surface area contributed by atoms with Crippen molar-refractivity contribution < 1.29 is 8.83 Å². The van der Waals surface area contributed by atoms with E-state index >= 15 is 0 Å². The van der Waals surface area contributed by atoms with Crippen molar-refractivity contribution in [1.29, 1.82) is 0 Å². The van der Waals surface area contributed by atoms with E-state index in [2.05, 4.69) is 513 Å². The Balaban J connectivity index is 0.000000151. The Morgan fingerprint density at radius 2 is 0.305 bits per heavy atom. The van der Waals surface area contributed by atoms with Crippen LogP contribution in [0.5, 0.6) is 0 Å². The minimum Gasteiger partial charge on any atom is -0.455 e. The van der Waals surface area contributed by atoms with E-state index in [0.717, 1.165) is 139 Å². The summed E-state index contributed by atoms with van der Waals surface area (Å²) in [5, 5.41) is 6.94. The Kier molecular flexibility index (Phi) is 20.7. The second kappa shape index (κ2) is 34.4. The second-order valence-electron chi connectivity index (χ2n) is 32.6. The number of fused-ring (bicyclic) bond motifs is 7. The molecule has 0 fully saturated rings. The second-order valence-corrected chi connectivity index (χ2v) is 32.6. The zero-order chi connectivity index (χ0) is 85.1. The molecular formula is C124H84N2O2. The van der Waals surface area contributed by atoms with Crippen molar-refractivity contribution in [1.82, 2.24) is 0 Å². The van der Waals surface area contributed by atoms with Crippen LogP contribution in [0.25, 0.3) is 188 Å². The molecule has 4 heteroatoms. The Hall–Kier alpha value is -16.9. The van der Waals surface area contributed by atoms with Crippen LogP contribution in [0.3, 0.4) is 0 Å². The van der Waals surface area contributed by atoms with Gasteiger partial charge in [-0.3, -0.25) is 0 Å². The molecule has 0 atom stereocenters. The number of benzene rings is 21. The summed E-state index contributed by atoms with van der Waals surface area (Å²) in [5.74, 6) is 0. The van der Waals surface area contributed by atoms with Crippen molar-refractivity contribution >= 4 is 88.8 Å². The molecule has 21 aromatic carbocycles. The lowest BCUT2D eigenvalue weighted by Crippen LogP contribution is -2.09. The highest BCUT2D eigenvalue weighted by Crippen LogP contribution is 2.47. The molecule has 2 heterocycles. The SMILES string of the molecule is c1ccc(-c2ccc(N(c3ccc(-c4ccccc4)cc3)c3ccc(-c4ccc(-c5cccc(-c6cccc7c6oc6c(-c8cccc9ccccc89)cccc67)c5)cc4)cc3)cc2)cc1.c1ccc(-c2ccc(N(c3ccc(-c4ccccc4)cc3)c3ccc(-c4ccc(-c5cccc(-c6cccc7c6oc6c(-c8ccccc8)cccc67)c5)cc4)cc3)cc2)cc1. The maximum Gasteiger partial charge on any atom is 0.143 e. The maximum atomic E-state index is 6.90. The highest BCUT2D eigenvalue weighted by atomic mass is 16.3. The molecule has 2 aromatic heterocycles. The molecule has 0 bridgehead atoms. The molecule has 0 aliphatic heterocycles. The van der Waals surface area contributed by atoms with Gasteiger partial charge in [0.25, 0.3) is 0 Å². The Morgan fingerprint density at radius 1 is 0.117 bits per heavy atom. The highest BCUT2D eigenvalue weighted by Gasteiger charge is 2.22. The smallest absolute Gasteiger partial charge is 0.143 e. The van der Waals surface area contributed by atoms with Gasteiger partial charge >= 0.3 is 0 Å². The topological polar surface area (TPSA) is 32.8 Å². The highest BCUT2D eigenvalue weighted by molar-refractivity contribution is 6.16. The van der Waals surface area contributed by atoms with Crippen LogP contribution in [0.1, 0.15) is 0 Å². The molecule has 0 aliphatic rings. The first-order chi connectivity index (χ1) is 63.4. The number of anilines is 6. The van der Waals surface area contributed by atoms with Gasteiger partial charge in [0, 0.05) is 77.9 Å². The largest absolute Gasteiger partial charge is 0.455 e. The van der Waals surface area contributed by atoms with Gasteiger partial charge in [0.05, 0.1) is 0 Å². The van der Waals surface area contributed by atoms with Gasteiger partial charge in [-0.25, -0.2) is 0 Å². The Bertz CT molecular complexity index is 7700. The van der Waals surface area contributed by atoms with Crippen LogP contribution in [0.2, 0.25) is 0 Å². The third kappa shape index (κ3) is 15.4. The molecular weight excluding hydrogens is 1550 g/mol. The quantitative estimate of drug-likeness (QED) is 0.0857. The predicted octanol–water partition coefficient (Wildman–Crippen LogP) is 35.3. The third-order valence-corrected chi connectivity index (χ3v) is 24.8. The lowest BCUT2D eigenvalue weighted by atomic mass is 9.95. The number of hydrogen-bond donors (Lipinski definition) is 0. The lowest BCUT2D eigenvalue weighted by Gasteiger charge is -2.26. The van der Waals surface area contributed by atoms with Gasteiger partial charge in [0.2, 0.25) is 0 Å². The number of para-hydroxylation sites is 4. The van der Waals surface area contributed by atoms with Gasteiger partial charge in [0.1, 0.15) is 22.3 Å². The predicted molar refractivity (Wildman–Crippen MR) is 540 cm³/mol. The van der Waals surface area contributed by atoms with E-state index in [4.69, 9.17) is 8.83 Å². The van der Waals surface area contributed by atoms with Gasteiger partial charge in [0.15, 0.2) is 0 Å². The van der Waals surface area contributed by atoms with Crippen LogP contribution in [0, 0.1) is 0 Å². The standard InChI is InChI=1S/C64H43NO.C60H41NO/c1-3-13-44(14-4-1)47-31-37-54(38-32-47)65(55-39-33-48(34-40-55)45-15-5-2-6-16-45)56-41-35-49(36-42-56)46-27-29-50(30-28-46)52-19-9-20-53(43-52)58-22-11-25-61-62-26-12-24-60(64(62)66-63(58)61)59-23-10-18-51-17-7-8-21-57(51)59;1-4-13-42(14-5-1)45-29-35-52(36-30-45)61(53-37-31-46(32-38-53)43-15-6-2-7-16-43)54-39-33-47(34-40-54)44-25-27-48(28-26-44)50-19-10-20-51(41-50)56-22-12-24-58-57-23-11-21-55(59(57)62-60(56)58)49-17-8-3-9-18-49/h1-43H;1-41H. The monoisotopic (exact) mass is 1630 g/mol. The molecule has 0 aliphatic carbocycles. The molecule has 602 valence electrons. The summed E-state index contributed by atoms with van der Waals surface area (Å²) in [7, 11) is 0. The van der Waals surface area contributed by atoms with Crippen LogP contribution in [-0.4, -0.2) is 0 Å². The molecule has 0 saturated heterocycles. The fourth-order valence-corrected chi connectivity index (χ4v) is 18.3. The van der Waals surface area contributed by atoms with Crippen molar-refractivity contribution in [2.75, 3.05) is 9.80 Å². The van der Waals surface area contributed by atoms with Crippen molar-refractivity contribution in [3.63, 3.8) is 0 Å². The minimum absolute atomic E-state index is 0.906. The molecule has 128 heavy (non-hydrogen) atoms. The lowest BCUT2D eigenvalue weighted by molar-refractivity contribution is 0.670. The summed E-state index contributed by atoms with van der Waals surface area (Å²) in [6.45, 7) is 0. The van der Waals surface area contributed by atoms with E-state index in [9.17, 15) is 0 Å². The minimum atomic E-state index is 0.906. The molecule has 0 spiro atoms. The molecule has 4 nitrogen and oxygen atoms in total. The fraction of sp³-hybridized carbons (Fsp3) is 0. The van der Waals surface area contributed by atoms with E-state index in [0.29, 0.717) is 0 Å². The summed E-state index contributed by atoms with van der Waals surface area (Å²) in [6.07, 6.45) is 0. The van der Waals surface area contributed by atoms with E-state index < -0.39 is 0 Å². The number of rotatable bonds is 18. The average Bonchev–Trinajstić information content (AvgIpc) is 1.59. The fourth-order valence-electron chi connectivity index (χ4n) is 18.3. The Morgan fingerprint density at radius 3 is 0.617 bits per heavy atom. The van der Waals surface area contributed by atoms with Gasteiger partial charge in [-0.05, 0) is 207 Å². The molecule has 0 radical (unpaired) electrons. The van der Waals surface area contributed by atoms with Crippen LogP contribution < -0.4 is 9.80 Å². The number of nitrogens with zero attached hydrogens (tertiary/aromatic N) is 2. The zero-order valence-electron chi connectivity index (χ0n) is 70.2. The first-order valence-electron chi connectivity index (χ1n) is 43.7. The molecule has 0 amide bonds. The van der Waals surface area contributed by atoms with E-state index in [1.165, 1.54) is 83.1 Å². The third-order valence-electron chi connectivity index (χ3n) is 24.8. The normalized spacial score (nSPS) is 11.3. The summed E-state index contributed by atoms with van der Waals surface area (Å²) in [5.41, 5.74) is 38.1. The molecule has 0 unspecified atom stereocenters. The molecule has 23 rings (SSSR count). The van der Waals surface area contributed by atoms with Gasteiger partial charge in [-0.1, -0.05) is 425 Å². The summed E-state index contributed by atoms with van der Waals surface area (Å²) >= 11 is 0. The van der Waals surface area contributed by atoms with Crippen molar-refractivity contribution in [2.24, 2.45) is 0 Å². The maximum absolute atomic E-state index is 6.90.